The molecule has 2 heterocycles. The number of rotatable bonds is 3. The van der Waals surface area contributed by atoms with Crippen LogP contribution >= 0.6 is 0 Å². The van der Waals surface area contributed by atoms with Gasteiger partial charge in [-0.25, -0.2) is 4.79 Å². The number of pyridine rings is 1. The van der Waals surface area contributed by atoms with Gasteiger partial charge in [-0.05, 0) is 31.2 Å². The quantitative estimate of drug-likeness (QED) is 0.560. The van der Waals surface area contributed by atoms with Crippen LogP contribution in [0.5, 0.6) is 5.75 Å². The molecule has 0 radical (unpaired) electrons. The van der Waals surface area contributed by atoms with Crippen molar-refractivity contribution in [3.63, 3.8) is 0 Å². The third-order valence-corrected chi connectivity index (χ3v) is 4.29. The highest BCUT2D eigenvalue weighted by molar-refractivity contribution is 6.14. The number of fused-ring (bicyclic) bond motifs is 2. The summed E-state index contributed by atoms with van der Waals surface area (Å²) in [5.74, 6) is 0.146. The smallest absolute Gasteiger partial charge is 0.337 e. The zero-order chi connectivity index (χ0) is 19.0. The molecule has 2 aromatic heterocycles. The number of carbonyl (C=O) groups is 1. The van der Waals surface area contributed by atoms with Gasteiger partial charge in [0.15, 0.2) is 0 Å². The van der Waals surface area contributed by atoms with E-state index in [1.165, 1.54) is 13.2 Å². The minimum absolute atomic E-state index is 0.238. The summed E-state index contributed by atoms with van der Waals surface area (Å²) >= 11 is 0. The molecule has 0 spiro atoms. The molecular weight excluding hydrogens is 344 g/mol. The van der Waals surface area contributed by atoms with Gasteiger partial charge < -0.3 is 14.5 Å². The van der Waals surface area contributed by atoms with E-state index < -0.39 is 11.5 Å². The van der Waals surface area contributed by atoms with Gasteiger partial charge in [0.1, 0.15) is 11.3 Å². The summed E-state index contributed by atoms with van der Waals surface area (Å²) in [6, 6.07) is 15.5. The highest BCUT2D eigenvalue weighted by atomic mass is 16.5. The number of ether oxygens (including phenoxy) is 1. The summed E-state index contributed by atoms with van der Waals surface area (Å²) in [5.41, 5.74) is 2.14. The Morgan fingerprint density at radius 2 is 1.89 bits per heavy atom. The maximum absolute atomic E-state index is 12.9. The van der Waals surface area contributed by atoms with E-state index in [1.54, 1.807) is 24.3 Å². The predicted molar refractivity (Wildman–Crippen MR) is 103 cm³/mol. The molecule has 134 valence electrons. The molecule has 1 amide bonds. The molecule has 2 aromatic carbocycles. The molecule has 0 saturated heterocycles. The van der Waals surface area contributed by atoms with Crippen molar-refractivity contribution in [2.75, 3.05) is 12.4 Å². The van der Waals surface area contributed by atoms with E-state index >= 15 is 0 Å². The highest BCUT2D eigenvalue weighted by Gasteiger charge is 2.15. The standard InChI is InChI=1S/C21H16N2O4/c1-12-9-18(15-5-3-4-6-17(15)22-12)23-21(25)16-11-20(24)27-19-10-13(26-2)7-8-14(16)19/h3-11H,1-2H3,(H,22,23,25). The molecule has 0 atom stereocenters. The monoisotopic (exact) mass is 360 g/mol. The Labute approximate surface area is 154 Å². The molecule has 6 nitrogen and oxygen atoms in total. The van der Waals surface area contributed by atoms with Crippen LogP contribution in [-0.4, -0.2) is 18.0 Å². The number of hydrogen-bond acceptors (Lipinski definition) is 5. The van der Waals surface area contributed by atoms with Gasteiger partial charge in [-0.3, -0.25) is 9.78 Å². The lowest BCUT2D eigenvalue weighted by Crippen LogP contribution is -2.15. The number of carbonyl (C=O) groups excluding carboxylic acids is 1. The molecule has 4 rings (SSSR count). The number of methoxy groups -OCH3 is 1. The van der Waals surface area contributed by atoms with Gasteiger partial charge in [0.25, 0.3) is 5.91 Å². The second-order valence-corrected chi connectivity index (χ2v) is 6.12. The van der Waals surface area contributed by atoms with Crippen molar-refractivity contribution in [3.8, 4) is 5.75 Å². The first-order chi connectivity index (χ1) is 13.0. The van der Waals surface area contributed by atoms with Crippen LogP contribution in [0.25, 0.3) is 21.9 Å². The molecule has 0 saturated carbocycles. The lowest BCUT2D eigenvalue weighted by Gasteiger charge is -2.11. The normalized spacial score (nSPS) is 10.9. The highest BCUT2D eigenvalue weighted by Crippen LogP contribution is 2.26. The van der Waals surface area contributed by atoms with Gasteiger partial charge in [0.2, 0.25) is 0 Å². The fourth-order valence-corrected chi connectivity index (χ4v) is 3.06. The first kappa shape index (κ1) is 16.8. The predicted octanol–water partition coefficient (Wildman–Crippen LogP) is 3.91. The molecule has 0 aliphatic carbocycles. The number of para-hydroxylation sites is 1. The van der Waals surface area contributed by atoms with Gasteiger partial charge >= 0.3 is 5.63 Å². The summed E-state index contributed by atoms with van der Waals surface area (Å²) in [6.07, 6.45) is 0. The average Bonchev–Trinajstić information content (AvgIpc) is 2.66. The van der Waals surface area contributed by atoms with Crippen LogP contribution in [0.15, 0.2) is 63.8 Å². The molecule has 0 aliphatic rings. The fraction of sp³-hybridized carbons (Fsp3) is 0.0952. The number of anilines is 1. The van der Waals surface area contributed by atoms with Crippen molar-refractivity contribution >= 4 is 33.5 Å². The van der Waals surface area contributed by atoms with Crippen LogP contribution < -0.4 is 15.7 Å². The largest absolute Gasteiger partial charge is 0.497 e. The van der Waals surface area contributed by atoms with E-state index in [0.717, 1.165) is 16.6 Å². The van der Waals surface area contributed by atoms with E-state index in [0.29, 0.717) is 22.4 Å². The molecule has 27 heavy (non-hydrogen) atoms. The molecule has 0 fully saturated rings. The van der Waals surface area contributed by atoms with Crippen molar-refractivity contribution in [1.29, 1.82) is 0 Å². The number of nitrogens with one attached hydrogen (secondary N) is 1. The fourth-order valence-electron chi connectivity index (χ4n) is 3.06. The first-order valence-electron chi connectivity index (χ1n) is 8.35. The Morgan fingerprint density at radius 3 is 2.70 bits per heavy atom. The van der Waals surface area contributed by atoms with Crippen LogP contribution in [0.3, 0.4) is 0 Å². The van der Waals surface area contributed by atoms with Gasteiger partial charge in [0, 0.05) is 28.6 Å². The van der Waals surface area contributed by atoms with Gasteiger partial charge in [-0.15, -0.1) is 0 Å². The number of amides is 1. The molecular formula is C21H16N2O4. The van der Waals surface area contributed by atoms with E-state index in [9.17, 15) is 9.59 Å². The number of aromatic nitrogens is 1. The van der Waals surface area contributed by atoms with Crippen molar-refractivity contribution in [2.24, 2.45) is 0 Å². The lowest BCUT2D eigenvalue weighted by molar-refractivity contribution is 0.102. The third-order valence-electron chi connectivity index (χ3n) is 4.29. The van der Waals surface area contributed by atoms with E-state index in [2.05, 4.69) is 10.3 Å². The summed E-state index contributed by atoms with van der Waals surface area (Å²) in [7, 11) is 1.52. The van der Waals surface area contributed by atoms with Gasteiger partial charge in [0.05, 0.1) is 23.9 Å². The topological polar surface area (TPSA) is 81.4 Å². The maximum Gasteiger partial charge on any atom is 0.337 e. The van der Waals surface area contributed by atoms with Crippen LogP contribution in [0, 0.1) is 6.92 Å². The molecule has 0 bridgehead atoms. The zero-order valence-corrected chi connectivity index (χ0v) is 14.8. The second-order valence-electron chi connectivity index (χ2n) is 6.12. The summed E-state index contributed by atoms with van der Waals surface area (Å²) in [5, 5.41) is 4.25. The number of hydrogen-bond donors (Lipinski definition) is 1. The molecule has 4 aromatic rings. The average molecular weight is 360 g/mol. The van der Waals surface area contributed by atoms with Crippen LogP contribution in [-0.2, 0) is 0 Å². The number of benzene rings is 2. The Kier molecular flexibility index (Phi) is 4.08. The third kappa shape index (κ3) is 3.13. The lowest BCUT2D eigenvalue weighted by atomic mass is 10.1. The van der Waals surface area contributed by atoms with E-state index in [1.807, 2.05) is 31.2 Å². The number of aryl methyl sites for hydroxylation is 1. The molecule has 1 N–H and O–H groups in total. The molecule has 0 aliphatic heterocycles. The summed E-state index contributed by atoms with van der Waals surface area (Å²) in [4.78, 5) is 29.3. The van der Waals surface area contributed by atoms with Crippen molar-refractivity contribution in [2.45, 2.75) is 6.92 Å². The molecule has 0 unspecified atom stereocenters. The Bertz CT molecular complexity index is 1240. The summed E-state index contributed by atoms with van der Waals surface area (Å²) < 4.78 is 10.4. The van der Waals surface area contributed by atoms with Crippen LogP contribution in [0.1, 0.15) is 16.1 Å². The van der Waals surface area contributed by atoms with E-state index in [-0.39, 0.29) is 5.56 Å². The molecule has 6 heteroatoms. The van der Waals surface area contributed by atoms with E-state index in [4.69, 9.17) is 9.15 Å². The van der Waals surface area contributed by atoms with Gasteiger partial charge in [-0.2, -0.15) is 0 Å². The minimum atomic E-state index is -0.600. The first-order valence-corrected chi connectivity index (χ1v) is 8.35. The van der Waals surface area contributed by atoms with Crippen molar-refractivity contribution in [1.82, 2.24) is 4.98 Å². The maximum atomic E-state index is 12.9. The number of nitrogens with zero attached hydrogens (tertiary/aromatic N) is 1. The van der Waals surface area contributed by atoms with Crippen LogP contribution in [0.2, 0.25) is 0 Å². The van der Waals surface area contributed by atoms with Gasteiger partial charge in [-0.1, -0.05) is 18.2 Å². The SMILES string of the molecule is COc1ccc2c(C(=O)Nc3cc(C)nc4ccccc34)cc(=O)oc2c1. The Morgan fingerprint density at radius 1 is 1.07 bits per heavy atom. The zero-order valence-electron chi connectivity index (χ0n) is 14.8. The van der Waals surface area contributed by atoms with Crippen molar-refractivity contribution < 1.29 is 13.9 Å². The summed E-state index contributed by atoms with van der Waals surface area (Å²) in [6.45, 7) is 1.86. The Balaban J connectivity index is 1.81. The van der Waals surface area contributed by atoms with Crippen molar-refractivity contribution in [3.05, 3.63) is 76.3 Å². The second kappa shape index (κ2) is 6.57. The van der Waals surface area contributed by atoms with Crippen LogP contribution in [0.4, 0.5) is 5.69 Å². The Hall–Kier alpha value is -3.67. The minimum Gasteiger partial charge on any atom is -0.497 e.